The van der Waals surface area contributed by atoms with E-state index >= 15 is 0 Å². The molecule has 3 heterocycles. The van der Waals surface area contributed by atoms with Gasteiger partial charge >= 0.3 is 0 Å². The van der Waals surface area contributed by atoms with Crippen molar-refractivity contribution < 1.29 is 8.42 Å². The third kappa shape index (κ3) is 5.54. The minimum absolute atomic E-state index is 0.273. The summed E-state index contributed by atoms with van der Waals surface area (Å²) in [5, 5.41) is 10.1. The van der Waals surface area contributed by atoms with E-state index in [0.717, 1.165) is 59.2 Å². The van der Waals surface area contributed by atoms with Crippen molar-refractivity contribution in [1.82, 2.24) is 24.6 Å². The number of aryl methyl sites for hydroxylation is 1. The number of hydrogen-bond donors (Lipinski definition) is 1. The molecule has 0 unspecified atom stereocenters. The monoisotopic (exact) mass is 526 g/mol. The largest absolute Gasteiger partial charge is 0.340 e. The molecule has 194 valence electrons. The van der Waals surface area contributed by atoms with Crippen LogP contribution in [0.3, 0.4) is 0 Å². The zero-order valence-electron chi connectivity index (χ0n) is 21.1. The molecule has 0 aliphatic carbocycles. The molecule has 3 aromatic carbocycles. The van der Waals surface area contributed by atoms with Crippen molar-refractivity contribution in [2.24, 2.45) is 0 Å². The summed E-state index contributed by atoms with van der Waals surface area (Å²) in [5.41, 5.74) is 5.36. The highest BCUT2D eigenvalue weighted by Crippen LogP contribution is 2.27. The average molecular weight is 527 g/mol. The first-order valence-electron chi connectivity index (χ1n) is 13.0. The molecule has 1 N–H and O–H groups in total. The van der Waals surface area contributed by atoms with Crippen molar-refractivity contribution in [1.29, 1.82) is 0 Å². The van der Waals surface area contributed by atoms with Gasteiger partial charge in [0.1, 0.15) is 12.1 Å². The number of nitrogens with zero attached hydrogens (tertiary/aromatic N) is 5. The van der Waals surface area contributed by atoms with Crippen LogP contribution in [0, 0.1) is 0 Å². The summed E-state index contributed by atoms with van der Waals surface area (Å²) in [6.07, 6.45) is 5.38. The van der Waals surface area contributed by atoms with E-state index in [1.165, 1.54) is 11.1 Å². The lowest BCUT2D eigenvalue weighted by atomic mass is 10.1. The van der Waals surface area contributed by atoms with E-state index in [9.17, 15) is 8.42 Å². The number of hydrogen-bond acceptors (Lipinski definition) is 7. The predicted octanol–water partition coefficient (Wildman–Crippen LogP) is 4.43. The van der Waals surface area contributed by atoms with Crippen LogP contribution in [0.2, 0.25) is 0 Å². The Labute approximate surface area is 222 Å². The molecule has 0 amide bonds. The van der Waals surface area contributed by atoms with Crippen molar-refractivity contribution in [2.45, 2.75) is 19.4 Å². The van der Waals surface area contributed by atoms with Crippen molar-refractivity contribution in [3.63, 3.8) is 0 Å². The van der Waals surface area contributed by atoms with Gasteiger partial charge in [-0.3, -0.25) is 4.68 Å². The van der Waals surface area contributed by atoms with Gasteiger partial charge in [0.05, 0.1) is 35.3 Å². The van der Waals surface area contributed by atoms with Crippen molar-refractivity contribution in [3.8, 4) is 0 Å². The Morgan fingerprint density at radius 3 is 2.58 bits per heavy atom. The predicted molar refractivity (Wildman–Crippen MR) is 152 cm³/mol. The molecule has 1 aliphatic rings. The van der Waals surface area contributed by atoms with Gasteiger partial charge in [-0.25, -0.2) is 18.4 Å². The summed E-state index contributed by atoms with van der Waals surface area (Å²) < 4.78 is 25.3. The molecule has 2 aromatic heterocycles. The number of fused-ring (bicyclic) bond motifs is 2. The maximum Gasteiger partial charge on any atom is 0.152 e. The highest BCUT2D eigenvalue weighted by atomic mass is 32.2. The lowest BCUT2D eigenvalue weighted by molar-refractivity contribution is 0.292. The summed E-state index contributed by atoms with van der Waals surface area (Å²) in [5.74, 6) is 1.32. The van der Waals surface area contributed by atoms with Gasteiger partial charge in [-0.1, -0.05) is 36.4 Å². The van der Waals surface area contributed by atoms with Crippen LogP contribution in [0.4, 0.5) is 11.5 Å². The third-order valence-corrected chi connectivity index (χ3v) is 8.77. The Morgan fingerprint density at radius 2 is 1.74 bits per heavy atom. The molecule has 6 rings (SSSR count). The maximum atomic E-state index is 11.7. The van der Waals surface area contributed by atoms with Crippen LogP contribution in [0.25, 0.3) is 21.8 Å². The number of benzene rings is 3. The summed E-state index contributed by atoms with van der Waals surface area (Å²) in [7, 11) is -2.84. The standard InChI is InChI=1S/C29H30N6O2S/c36-38(37)15-13-34(14-16-38)12-4-7-22-8-10-27-26(17-22)29(31-21-30-27)33-25-9-11-28-24(18-25)19-32-35(28)20-23-5-2-1-3-6-23/h1-3,5-6,8-11,17-19,21H,4,7,12-16,20H2,(H,30,31,33). The Bertz CT molecular complexity index is 1670. The average Bonchev–Trinajstić information content (AvgIpc) is 3.32. The van der Waals surface area contributed by atoms with E-state index in [-0.39, 0.29) is 11.5 Å². The second-order valence-corrected chi connectivity index (χ2v) is 12.2. The fraction of sp³-hybridized carbons (Fsp3) is 0.276. The maximum absolute atomic E-state index is 11.7. The van der Waals surface area contributed by atoms with Gasteiger partial charge in [0.2, 0.25) is 0 Å². The van der Waals surface area contributed by atoms with Crippen LogP contribution >= 0.6 is 0 Å². The normalized spacial score (nSPS) is 15.7. The minimum atomic E-state index is -2.84. The fourth-order valence-corrected chi connectivity index (χ4v) is 6.30. The number of anilines is 2. The second-order valence-electron chi connectivity index (χ2n) is 9.86. The van der Waals surface area contributed by atoms with Crippen LogP contribution in [-0.4, -0.2) is 64.2 Å². The Balaban J connectivity index is 1.16. The molecule has 0 radical (unpaired) electrons. The van der Waals surface area contributed by atoms with Crippen molar-refractivity contribution in [3.05, 3.63) is 90.4 Å². The van der Waals surface area contributed by atoms with E-state index < -0.39 is 9.84 Å². The fourth-order valence-electron chi connectivity index (χ4n) is 5.02. The molecule has 8 nitrogen and oxygen atoms in total. The van der Waals surface area contributed by atoms with E-state index in [1.54, 1.807) is 6.33 Å². The highest BCUT2D eigenvalue weighted by molar-refractivity contribution is 7.91. The first kappa shape index (κ1) is 24.5. The number of sulfone groups is 1. The molecule has 9 heteroatoms. The number of aromatic nitrogens is 4. The molecule has 1 aliphatic heterocycles. The second kappa shape index (κ2) is 10.5. The van der Waals surface area contributed by atoms with Crippen LogP contribution in [0.15, 0.2) is 79.3 Å². The first-order chi connectivity index (χ1) is 18.5. The lowest BCUT2D eigenvalue weighted by Gasteiger charge is -2.26. The molecular weight excluding hydrogens is 496 g/mol. The minimum Gasteiger partial charge on any atom is -0.340 e. The quantitative estimate of drug-likeness (QED) is 0.320. The Kier molecular flexibility index (Phi) is 6.78. The number of nitrogens with one attached hydrogen (secondary N) is 1. The van der Waals surface area contributed by atoms with Gasteiger partial charge in [0, 0.05) is 29.5 Å². The van der Waals surface area contributed by atoms with Gasteiger partial charge in [0.15, 0.2) is 9.84 Å². The van der Waals surface area contributed by atoms with Crippen molar-refractivity contribution >= 4 is 43.1 Å². The van der Waals surface area contributed by atoms with Gasteiger partial charge in [0.25, 0.3) is 0 Å². The smallest absolute Gasteiger partial charge is 0.152 e. The first-order valence-corrected chi connectivity index (χ1v) is 14.8. The van der Waals surface area contributed by atoms with Gasteiger partial charge in [-0.2, -0.15) is 5.10 Å². The third-order valence-electron chi connectivity index (χ3n) is 7.16. The molecule has 1 saturated heterocycles. The molecule has 0 atom stereocenters. The zero-order chi connectivity index (χ0) is 26.0. The molecular formula is C29H30N6O2S. The van der Waals surface area contributed by atoms with E-state index in [0.29, 0.717) is 13.1 Å². The van der Waals surface area contributed by atoms with Gasteiger partial charge in [-0.15, -0.1) is 0 Å². The van der Waals surface area contributed by atoms with Crippen LogP contribution in [0.1, 0.15) is 17.5 Å². The van der Waals surface area contributed by atoms with Gasteiger partial charge < -0.3 is 10.2 Å². The summed E-state index contributed by atoms with van der Waals surface area (Å²) in [6.45, 7) is 2.91. The van der Waals surface area contributed by atoms with Crippen LogP contribution < -0.4 is 5.32 Å². The van der Waals surface area contributed by atoms with E-state index in [2.05, 4.69) is 67.7 Å². The van der Waals surface area contributed by atoms with E-state index in [4.69, 9.17) is 0 Å². The molecule has 0 spiro atoms. The summed E-state index contributed by atoms with van der Waals surface area (Å²) in [6, 6.07) is 22.9. The van der Waals surface area contributed by atoms with Crippen LogP contribution in [0.5, 0.6) is 0 Å². The van der Waals surface area contributed by atoms with Crippen LogP contribution in [-0.2, 0) is 22.8 Å². The topological polar surface area (TPSA) is 93.0 Å². The molecule has 1 fully saturated rings. The number of rotatable bonds is 8. The molecule has 0 saturated carbocycles. The molecule has 0 bridgehead atoms. The summed E-state index contributed by atoms with van der Waals surface area (Å²) in [4.78, 5) is 11.2. The van der Waals surface area contributed by atoms with Gasteiger partial charge in [-0.05, 0) is 60.8 Å². The Hall–Kier alpha value is -3.82. The zero-order valence-corrected chi connectivity index (χ0v) is 21.9. The lowest BCUT2D eigenvalue weighted by Crippen LogP contribution is -2.40. The summed E-state index contributed by atoms with van der Waals surface area (Å²) >= 11 is 0. The van der Waals surface area contributed by atoms with Crippen molar-refractivity contribution in [2.75, 3.05) is 36.5 Å². The SMILES string of the molecule is O=S1(=O)CCN(CCCc2ccc3ncnc(Nc4ccc5c(cnn5Cc5ccccc5)c4)c3c2)CC1. The molecule has 38 heavy (non-hydrogen) atoms. The highest BCUT2D eigenvalue weighted by Gasteiger charge is 2.20. The van der Waals surface area contributed by atoms with E-state index in [1.807, 2.05) is 35.1 Å². The molecule has 5 aromatic rings. The Morgan fingerprint density at radius 1 is 0.895 bits per heavy atom.